The van der Waals surface area contributed by atoms with Gasteiger partial charge in [-0.2, -0.15) is 0 Å². The molecule has 1 aliphatic carbocycles. The topological polar surface area (TPSA) is 78.4 Å². The van der Waals surface area contributed by atoms with E-state index in [0.29, 0.717) is 0 Å². The maximum Gasteiger partial charge on any atom is 0.311 e. The number of amides is 1. The Morgan fingerprint density at radius 2 is 1.78 bits per heavy atom. The van der Waals surface area contributed by atoms with Crippen LogP contribution in [0.1, 0.15) is 40.5 Å². The van der Waals surface area contributed by atoms with Crippen molar-refractivity contribution in [3.05, 3.63) is 0 Å². The summed E-state index contributed by atoms with van der Waals surface area (Å²) in [6.07, 6.45) is 2.48. The van der Waals surface area contributed by atoms with Gasteiger partial charge in [-0.05, 0) is 53.0 Å². The summed E-state index contributed by atoms with van der Waals surface area (Å²) in [5.41, 5.74) is -1.81. The van der Waals surface area contributed by atoms with E-state index in [4.69, 9.17) is 0 Å². The lowest BCUT2D eigenvalue weighted by atomic mass is 9.74. The van der Waals surface area contributed by atoms with Gasteiger partial charge in [0.2, 0.25) is 5.91 Å². The second kappa shape index (κ2) is 5.26. The Hall–Kier alpha value is -1.10. The van der Waals surface area contributed by atoms with Gasteiger partial charge >= 0.3 is 5.97 Å². The van der Waals surface area contributed by atoms with Crippen LogP contribution in [-0.4, -0.2) is 35.6 Å². The molecule has 1 aliphatic rings. The number of hydrogen-bond acceptors (Lipinski definition) is 3. The molecule has 18 heavy (non-hydrogen) atoms. The maximum atomic E-state index is 11.8. The Morgan fingerprint density at radius 3 is 2.22 bits per heavy atom. The zero-order valence-corrected chi connectivity index (χ0v) is 11.7. The first kappa shape index (κ1) is 15.0. The molecule has 104 valence electrons. The molecule has 0 spiro atoms. The average Bonchev–Trinajstić information content (AvgIpc) is 3.00. The van der Waals surface area contributed by atoms with Crippen molar-refractivity contribution >= 4 is 11.9 Å². The molecule has 0 saturated heterocycles. The van der Waals surface area contributed by atoms with E-state index in [-0.39, 0.29) is 12.5 Å². The summed E-state index contributed by atoms with van der Waals surface area (Å²) in [6.45, 7) is 7.83. The minimum Gasteiger partial charge on any atom is -0.481 e. The Bertz CT molecular complexity index is 333. The van der Waals surface area contributed by atoms with Crippen LogP contribution in [0.4, 0.5) is 0 Å². The highest BCUT2D eigenvalue weighted by Gasteiger charge is 2.44. The molecule has 3 N–H and O–H groups in total. The molecule has 5 heteroatoms. The predicted octanol–water partition coefficient (Wildman–Crippen LogP) is 0.992. The van der Waals surface area contributed by atoms with Crippen molar-refractivity contribution in [2.24, 2.45) is 11.3 Å². The quantitative estimate of drug-likeness (QED) is 0.635. The van der Waals surface area contributed by atoms with Gasteiger partial charge in [-0.3, -0.25) is 9.59 Å². The van der Waals surface area contributed by atoms with Crippen molar-refractivity contribution in [1.82, 2.24) is 10.6 Å². The van der Waals surface area contributed by atoms with E-state index in [1.54, 1.807) is 27.7 Å². The highest BCUT2D eigenvalue weighted by atomic mass is 16.4. The number of carboxylic acid groups (broad SMARTS) is 1. The van der Waals surface area contributed by atoms with Crippen LogP contribution in [0.2, 0.25) is 0 Å². The molecule has 0 aromatic carbocycles. The van der Waals surface area contributed by atoms with E-state index in [2.05, 4.69) is 10.6 Å². The van der Waals surface area contributed by atoms with E-state index in [9.17, 15) is 14.7 Å². The highest BCUT2D eigenvalue weighted by Crippen LogP contribution is 2.30. The largest absolute Gasteiger partial charge is 0.481 e. The number of rotatable bonds is 7. The van der Waals surface area contributed by atoms with Gasteiger partial charge in [-0.15, -0.1) is 0 Å². The average molecular weight is 256 g/mol. The van der Waals surface area contributed by atoms with Crippen LogP contribution in [0.15, 0.2) is 0 Å². The van der Waals surface area contributed by atoms with E-state index >= 15 is 0 Å². The minimum absolute atomic E-state index is 0.157. The first-order valence-electron chi connectivity index (χ1n) is 6.42. The monoisotopic (exact) mass is 256 g/mol. The Labute approximate surface area is 108 Å². The molecule has 0 aliphatic heterocycles. The van der Waals surface area contributed by atoms with Crippen LogP contribution in [-0.2, 0) is 9.59 Å². The first-order chi connectivity index (χ1) is 8.17. The summed E-state index contributed by atoms with van der Waals surface area (Å²) in [4.78, 5) is 23.0. The van der Waals surface area contributed by atoms with Crippen LogP contribution in [0, 0.1) is 11.3 Å². The zero-order chi connectivity index (χ0) is 14.0. The van der Waals surface area contributed by atoms with E-state index < -0.39 is 16.9 Å². The summed E-state index contributed by atoms with van der Waals surface area (Å²) in [7, 11) is 0. The van der Waals surface area contributed by atoms with Crippen molar-refractivity contribution in [3.63, 3.8) is 0 Å². The normalized spacial score (nSPS) is 16.4. The number of carbonyl (C=O) groups excluding carboxylic acids is 1. The van der Waals surface area contributed by atoms with Crippen molar-refractivity contribution in [3.8, 4) is 0 Å². The first-order valence-corrected chi connectivity index (χ1v) is 6.42. The van der Waals surface area contributed by atoms with Crippen molar-refractivity contribution in [2.75, 3.05) is 13.1 Å². The van der Waals surface area contributed by atoms with Crippen molar-refractivity contribution in [2.45, 2.75) is 46.1 Å². The Balaban J connectivity index is 2.42. The third-order valence-corrected chi connectivity index (χ3v) is 3.96. The zero-order valence-electron chi connectivity index (χ0n) is 11.7. The lowest BCUT2D eigenvalue weighted by Gasteiger charge is -2.38. The highest BCUT2D eigenvalue weighted by molar-refractivity contribution is 5.81. The third kappa shape index (κ3) is 3.70. The number of carbonyl (C=O) groups is 2. The van der Waals surface area contributed by atoms with E-state index in [0.717, 1.165) is 12.5 Å². The van der Waals surface area contributed by atoms with E-state index in [1.807, 2.05) is 0 Å². The molecule has 0 unspecified atom stereocenters. The maximum absolute atomic E-state index is 11.8. The summed E-state index contributed by atoms with van der Waals surface area (Å²) in [5.74, 6) is -0.352. The summed E-state index contributed by atoms with van der Waals surface area (Å²) < 4.78 is 0. The summed E-state index contributed by atoms with van der Waals surface area (Å²) in [6, 6.07) is 0. The smallest absolute Gasteiger partial charge is 0.311 e. The fourth-order valence-corrected chi connectivity index (χ4v) is 1.53. The molecule has 0 aromatic heterocycles. The van der Waals surface area contributed by atoms with E-state index in [1.165, 1.54) is 12.8 Å². The third-order valence-electron chi connectivity index (χ3n) is 3.96. The summed E-state index contributed by atoms with van der Waals surface area (Å²) >= 11 is 0. The number of hydrogen-bond donors (Lipinski definition) is 3. The predicted molar refractivity (Wildman–Crippen MR) is 69.2 cm³/mol. The number of nitrogens with one attached hydrogen (secondary N) is 2. The summed E-state index contributed by atoms with van der Waals surface area (Å²) in [5, 5.41) is 15.1. The van der Waals surface area contributed by atoms with Gasteiger partial charge in [0.25, 0.3) is 0 Å². The second-order valence-corrected chi connectivity index (χ2v) is 6.18. The lowest BCUT2D eigenvalue weighted by molar-refractivity contribution is -0.151. The number of carboxylic acids is 1. The SMILES string of the molecule is CC(C)(NC(=O)CNCC1CC1)C(C)(C)C(=O)O. The molecule has 0 atom stereocenters. The van der Waals surface area contributed by atoms with Crippen LogP contribution >= 0.6 is 0 Å². The van der Waals surface area contributed by atoms with Gasteiger partial charge in [-0.1, -0.05) is 0 Å². The molecular formula is C13H24N2O3. The molecule has 1 amide bonds. The van der Waals surface area contributed by atoms with Gasteiger partial charge in [0.05, 0.1) is 17.5 Å². The van der Waals surface area contributed by atoms with Gasteiger partial charge in [0.15, 0.2) is 0 Å². The van der Waals surface area contributed by atoms with Gasteiger partial charge in [0, 0.05) is 0 Å². The van der Waals surface area contributed by atoms with Crippen LogP contribution in [0.3, 0.4) is 0 Å². The standard InChI is InChI=1S/C13H24N2O3/c1-12(2,11(17)18)13(3,4)15-10(16)8-14-7-9-5-6-9/h9,14H,5-8H2,1-4H3,(H,15,16)(H,17,18). The van der Waals surface area contributed by atoms with Crippen LogP contribution in [0.25, 0.3) is 0 Å². The van der Waals surface area contributed by atoms with Crippen molar-refractivity contribution in [1.29, 1.82) is 0 Å². The van der Waals surface area contributed by atoms with Gasteiger partial charge in [-0.25, -0.2) is 0 Å². The lowest BCUT2D eigenvalue weighted by Crippen LogP contribution is -2.58. The molecule has 5 nitrogen and oxygen atoms in total. The van der Waals surface area contributed by atoms with Crippen LogP contribution in [0.5, 0.6) is 0 Å². The van der Waals surface area contributed by atoms with Crippen LogP contribution < -0.4 is 10.6 Å². The Kier molecular flexibility index (Phi) is 4.37. The molecule has 1 saturated carbocycles. The molecule has 0 heterocycles. The fraction of sp³-hybridized carbons (Fsp3) is 0.846. The Morgan fingerprint density at radius 1 is 1.22 bits per heavy atom. The molecule has 1 rings (SSSR count). The molecule has 1 fully saturated rings. The van der Waals surface area contributed by atoms with Gasteiger partial charge < -0.3 is 15.7 Å². The van der Waals surface area contributed by atoms with Gasteiger partial charge in [0.1, 0.15) is 0 Å². The number of aliphatic carboxylic acids is 1. The minimum atomic E-state index is -1.01. The van der Waals surface area contributed by atoms with Crippen molar-refractivity contribution < 1.29 is 14.7 Å². The molecule has 0 aromatic rings. The second-order valence-electron chi connectivity index (χ2n) is 6.18. The fourth-order valence-electron chi connectivity index (χ4n) is 1.53. The molecule has 0 radical (unpaired) electrons. The molecular weight excluding hydrogens is 232 g/mol. The molecule has 0 bridgehead atoms.